The van der Waals surface area contributed by atoms with Gasteiger partial charge >= 0.3 is 12.0 Å². The van der Waals surface area contributed by atoms with E-state index in [9.17, 15) is 14.9 Å². The van der Waals surface area contributed by atoms with Crippen molar-refractivity contribution >= 4 is 11.7 Å². The van der Waals surface area contributed by atoms with Crippen molar-refractivity contribution in [2.24, 2.45) is 0 Å². The lowest BCUT2D eigenvalue weighted by Crippen LogP contribution is -2.06. The van der Waals surface area contributed by atoms with E-state index in [0.717, 1.165) is 0 Å². The summed E-state index contributed by atoms with van der Waals surface area (Å²) in [6.45, 7) is 1.61. The Morgan fingerprint density at radius 1 is 1.40 bits per heavy atom. The lowest BCUT2D eigenvalue weighted by molar-refractivity contribution is -0.394. The Morgan fingerprint density at radius 3 is 2.70 bits per heavy atom. The number of aromatic nitrogens is 3. The standard InChI is InChI=1S/C12H12N4O4/c1-9(17)7-8-15-12(13-11(14-15)16(18)19)20-10-5-3-2-4-6-10/h2-6H,7-8H2,1H3. The topological polar surface area (TPSA) is 100 Å². The molecule has 8 nitrogen and oxygen atoms in total. The lowest BCUT2D eigenvalue weighted by atomic mass is 10.3. The lowest BCUT2D eigenvalue weighted by Gasteiger charge is -2.01. The summed E-state index contributed by atoms with van der Waals surface area (Å²) in [5.74, 6) is -0.118. The summed E-state index contributed by atoms with van der Waals surface area (Å²) < 4.78 is 6.66. The normalized spacial score (nSPS) is 10.2. The van der Waals surface area contributed by atoms with Crippen molar-refractivity contribution in [3.05, 3.63) is 40.4 Å². The van der Waals surface area contributed by atoms with Gasteiger partial charge < -0.3 is 14.9 Å². The third kappa shape index (κ3) is 3.37. The number of carbonyl (C=O) groups is 1. The van der Waals surface area contributed by atoms with Crippen LogP contribution in [0.4, 0.5) is 5.95 Å². The molecule has 104 valence electrons. The minimum absolute atomic E-state index is 0.0100. The van der Waals surface area contributed by atoms with Gasteiger partial charge in [-0.1, -0.05) is 18.2 Å². The molecule has 0 saturated carbocycles. The molecule has 0 radical (unpaired) electrons. The number of ketones is 1. The summed E-state index contributed by atoms with van der Waals surface area (Å²) in [4.78, 5) is 24.7. The highest BCUT2D eigenvalue weighted by atomic mass is 16.6. The number of aryl methyl sites for hydroxylation is 1. The van der Waals surface area contributed by atoms with Crippen LogP contribution in [0.25, 0.3) is 0 Å². The molecule has 0 saturated heterocycles. The second-order valence-electron chi connectivity index (χ2n) is 4.04. The number of Topliss-reactive ketones (excluding diaryl/α,β-unsaturated/α-hetero) is 1. The summed E-state index contributed by atoms with van der Waals surface area (Å²) in [5.41, 5.74) is 0. The first kappa shape index (κ1) is 13.7. The summed E-state index contributed by atoms with van der Waals surface area (Å²) in [7, 11) is 0. The number of benzene rings is 1. The minimum atomic E-state index is -0.706. The summed E-state index contributed by atoms with van der Waals surface area (Å²) in [5, 5.41) is 14.4. The molecule has 0 N–H and O–H groups in total. The van der Waals surface area contributed by atoms with Crippen molar-refractivity contribution < 1.29 is 14.5 Å². The third-order valence-corrected chi connectivity index (χ3v) is 2.42. The number of para-hydroxylation sites is 1. The van der Waals surface area contributed by atoms with Crippen molar-refractivity contribution in [1.82, 2.24) is 14.8 Å². The van der Waals surface area contributed by atoms with Gasteiger partial charge in [-0.3, -0.25) is 4.79 Å². The predicted molar refractivity (Wildman–Crippen MR) is 68.5 cm³/mol. The van der Waals surface area contributed by atoms with Crippen LogP contribution in [-0.4, -0.2) is 25.5 Å². The monoisotopic (exact) mass is 276 g/mol. The zero-order chi connectivity index (χ0) is 14.5. The molecule has 2 aromatic rings. The molecule has 2 rings (SSSR count). The largest absolute Gasteiger partial charge is 0.494 e. The van der Waals surface area contributed by atoms with Gasteiger partial charge in [-0.05, 0) is 29.0 Å². The van der Waals surface area contributed by atoms with Crippen LogP contribution >= 0.6 is 0 Å². The van der Waals surface area contributed by atoms with E-state index >= 15 is 0 Å². The SMILES string of the molecule is CC(=O)CCn1nc([N+](=O)[O-])nc1Oc1ccccc1. The zero-order valence-electron chi connectivity index (χ0n) is 10.7. The molecule has 0 amide bonds. The van der Waals surface area contributed by atoms with Gasteiger partial charge in [0, 0.05) is 11.5 Å². The van der Waals surface area contributed by atoms with Crippen molar-refractivity contribution in [1.29, 1.82) is 0 Å². The Morgan fingerprint density at radius 2 is 2.10 bits per heavy atom. The van der Waals surface area contributed by atoms with Crippen molar-refractivity contribution in [3.8, 4) is 11.8 Å². The molecular weight excluding hydrogens is 264 g/mol. The predicted octanol–water partition coefficient (Wildman–Crippen LogP) is 1.96. The van der Waals surface area contributed by atoms with Gasteiger partial charge in [0.15, 0.2) is 0 Å². The van der Waals surface area contributed by atoms with Gasteiger partial charge in [-0.2, -0.15) is 0 Å². The molecule has 0 aliphatic rings. The highest BCUT2D eigenvalue weighted by Gasteiger charge is 2.23. The van der Waals surface area contributed by atoms with E-state index in [0.29, 0.717) is 5.75 Å². The van der Waals surface area contributed by atoms with Crippen LogP contribution < -0.4 is 4.74 Å². The van der Waals surface area contributed by atoms with Crippen LogP contribution in [0.15, 0.2) is 30.3 Å². The molecule has 0 aliphatic heterocycles. The van der Waals surface area contributed by atoms with E-state index in [1.165, 1.54) is 11.6 Å². The van der Waals surface area contributed by atoms with Gasteiger partial charge in [0.2, 0.25) is 0 Å². The molecule has 0 fully saturated rings. The number of carbonyl (C=O) groups excluding carboxylic acids is 1. The van der Waals surface area contributed by atoms with E-state index in [1.54, 1.807) is 24.3 Å². The Labute approximate surface area is 114 Å². The van der Waals surface area contributed by atoms with Crippen LogP contribution in [0.1, 0.15) is 13.3 Å². The van der Waals surface area contributed by atoms with Gasteiger partial charge in [0.25, 0.3) is 0 Å². The molecule has 0 unspecified atom stereocenters. The van der Waals surface area contributed by atoms with Crippen LogP contribution in [-0.2, 0) is 11.3 Å². The van der Waals surface area contributed by atoms with Crippen molar-refractivity contribution in [2.45, 2.75) is 19.9 Å². The second kappa shape index (κ2) is 5.91. The number of hydrogen-bond donors (Lipinski definition) is 0. The summed E-state index contributed by atoms with van der Waals surface area (Å²) >= 11 is 0. The zero-order valence-corrected chi connectivity index (χ0v) is 10.7. The maximum absolute atomic E-state index is 11.0. The number of rotatable bonds is 6. The number of nitro groups is 1. The molecule has 0 spiro atoms. The van der Waals surface area contributed by atoms with Crippen LogP contribution in [0.2, 0.25) is 0 Å². The molecular formula is C12H12N4O4. The summed E-state index contributed by atoms with van der Waals surface area (Å²) in [6.07, 6.45) is 0.200. The van der Waals surface area contributed by atoms with E-state index in [-0.39, 0.29) is 24.8 Å². The highest BCUT2D eigenvalue weighted by molar-refractivity contribution is 5.75. The van der Waals surface area contributed by atoms with Crippen LogP contribution in [0.5, 0.6) is 11.8 Å². The first-order valence-corrected chi connectivity index (χ1v) is 5.88. The van der Waals surface area contributed by atoms with E-state index in [2.05, 4.69) is 10.1 Å². The Bertz CT molecular complexity index is 624. The molecule has 1 aromatic carbocycles. The fraction of sp³-hybridized carbons (Fsp3) is 0.250. The van der Waals surface area contributed by atoms with Gasteiger partial charge in [-0.25, -0.2) is 0 Å². The molecule has 0 aliphatic carbocycles. The average Bonchev–Trinajstić information content (AvgIpc) is 2.81. The minimum Gasteiger partial charge on any atom is -0.411 e. The van der Waals surface area contributed by atoms with Gasteiger partial charge in [-0.15, -0.1) is 4.68 Å². The number of nitrogens with zero attached hydrogens (tertiary/aromatic N) is 4. The highest BCUT2D eigenvalue weighted by Crippen LogP contribution is 2.21. The Hall–Kier alpha value is -2.77. The molecule has 1 aromatic heterocycles. The third-order valence-electron chi connectivity index (χ3n) is 2.42. The Kier molecular flexibility index (Phi) is 4.04. The maximum Gasteiger partial charge on any atom is 0.494 e. The maximum atomic E-state index is 11.0. The quantitative estimate of drug-likeness (QED) is 0.590. The van der Waals surface area contributed by atoms with Gasteiger partial charge in [0.05, 0.1) is 6.54 Å². The van der Waals surface area contributed by atoms with E-state index in [4.69, 9.17) is 4.74 Å². The molecule has 0 bridgehead atoms. The summed E-state index contributed by atoms with van der Waals surface area (Å²) in [6, 6.07) is 8.71. The molecule has 8 heteroatoms. The fourth-order valence-corrected chi connectivity index (χ4v) is 1.47. The van der Waals surface area contributed by atoms with Gasteiger partial charge in [0.1, 0.15) is 11.5 Å². The van der Waals surface area contributed by atoms with Crippen molar-refractivity contribution in [3.63, 3.8) is 0 Å². The number of hydrogen-bond acceptors (Lipinski definition) is 6. The van der Waals surface area contributed by atoms with E-state index in [1.807, 2.05) is 6.07 Å². The first-order valence-electron chi connectivity index (χ1n) is 5.88. The van der Waals surface area contributed by atoms with E-state index < -0.39 is 10.9 Å². The molecule has 1 heterocycles. The van der Waals surface area contributed by atoms with Crippen molar-refractivity contribution in [2.75, 3.05) is 0 Å². The smallest absolute Gasteiger partial charge is 0.411 e. The number of ether oxygens (including phenoxy) is 1. The van der Waals surface area contributed by atoms with Crippen LogP contribution in [0.3, 0.4) is 0 Å². The molecule has 0 atom stereocenters. The fourth-order valence-electron chi connectivity index (χ4n) is 1.47. The Balaban J connectivity index is 2.24. The van der Waals surface area contributed by atoms with Crippen LogP contribution in [0, 0.1) is 10.1 Å². The average molecular weight is 276 g/mol. The first-order chi connectivity index (χ1) is 9.56. The molecule has 20 heavy (non-hydrogen) atoms. The second-order valence-corrected chi connectivity index (χ2v) is 4.04.